The van der Waals surface area contributed by atoms with Crippen molar-refractivity contribution in [1.82, 2.24) is 4.90 Å². The fraction of sp³-hybridized carbons (Fsp3) is 0.200. The molecular formula is C15H16N2O3. The highest BCUT2D eigenvalue weighted by atomic mass is 16.6. The van der Waals surface area contributed by atoms with Crippen LogP contribution in [0.2, 0.25) is 0 Å². The lowest BCUT2D eigenvalue weighted by molar-refractivity contribution is -0.130. The van der Waals surface area contributed by atoms with Crippen LogP contribution < -0.4 is 4.74 Å². The van der Waals surface area contributed by atoms with E-state index in [0.29, 0.717) is 11.6 Å². The zero-order chi connectivity index (χ0) is 14.5. The van der Waals surface area contributed by atoms with Crippen molar-refractivity contribution in [3.05, 3.63) is 47.8 Å². The number of methoxy groups -OCH3 is 1. The minimum absolute atomic E-state index is 0.291. The van der Waals surface area contributed by atoms with Gasteiger partial charge in [0.1, 0.15) is 5.75 Å². The number of benzene rings is 1. The molecule has 0 unspecified atom stereocenters. The molecular weight excluding hydrogens is 256 g/mol. The molecule has 0 saturated heterocycles. The minimum atomic E-state index is -0.437. The zero-order valence-corrected chi connectivity index (χ0v) is 11.7. The maximum atomic E-state index is 11.5. The largest absolute Gasteiger partial charge is 0.497 e. The standard InChI is InChI=1S/C15H16N2O3/c1-17(2)10-13-15(18)20-14(16-13)9-6-11-4-7-12(19-3)8-5-11/h4-10H,1-3H3/b9-6+,13-10+. The monoisotopic (exact) mass is 272 g/mol. The number of cyclic esters (lactones) is 1. The Kier molecular flexibility index (Phi) is 4.20. The van der Waals surface area contributed by atoms with Crippen LogP contribution in [0.3, 0.4) is 0 Å². The second-order valence-corrected chi connectivity index (χ2v) is 4.42. The second-order valence-electron chi connectivity index (χ2n) is 4.42. The summed E-state index contributed by atoms with van der Waals surface area (Å²) in [6, 6.07) is 7.53. The van der Waals surface area contributed by atoms with Crippen LogP contribution in [0.1, 0.15) is 5.56 Å². The number of nitrogens with zero attached hydrogens (tertiary/aromatic N) is 2. The van der Waals surface area contributed by atoms with Crippen molar-refractivity contribution >= 4 is 17.9 Å². The van der Waals surface area contributed by atoms with Crippen molar-refractivity contribution in [3.8, 4) is 5.75 Å². The van der Waals surface area contributed by atoms with Gasteiger partial charge in [0.25, 0.3) is 0 Å². The number of carbonyl (C=O) groups is 1. The van der Waals surface area contributed by atoms with Crippen LogP contribution >= 0.6 is 0 Å². The average Bonchev–Trinajstić information content (AvgIpc) is 2.77. The molecule has 0 atom stereocenters. The van der Waals surface area contributed by atoms with Crippen molar-refractivity contribution in [1.29, 1.82) is 0 Å². The van der Waals surface area contributed by atoms with Crippen molar-refractivity contribution < 1.29 is 14.3 Å². The number of rotatable bonds is 4. The molecule has 20 heavy (non-hydrogen) atoms. The van der Waals surface area contributed by atoms with Gasteiger partial charge in [-0.3, -0.25) is 0 Å². The average molecular weight is 272 g/mol. The van der Waals surface area contributed by atoms with E-state index in [4.69, 9.17) is 9.47 Å². The van der Waals surface area contributed by atoms with E-state index in [1.54, 1.807) is 24.3 Å². The molecule has 5 nitrogen and oxygen atoms in total. The topological polar surface area (TPSA) is 51.1 Å². The maximum Gasteiger partial charge on any atom is 0.365 e. The van der Waals surface area contributed by atoms with Gasteiger partial charge in [-0.15, -0.1) is 0 Å². The molecule has 1 aliphatic rings. The first-order chi connectivity index (χ1) is 9.58. The highest BCUT2D eigenvalue weighted by molar-refractivity contribution is 6.09. The first-order valence-corrected chi connectivity index (χ1v) is 6.10. The molecule has 104 valence electrons. The van der Waals surface area contributed by atoms with E-state index in [9.17, 15) is 4.79 Å². The molecule has 1 heterocycles. The molecule has 1 aliphatic heterocycles. The number of aliphatic imine (C=N–C) groups is 1. The number of hydrogen-bond acceptors (Lipinski definition) is 5. The van der Waals surface area contributed by atoms with Crippen LogP contribution in [-0.2, 0) is 9.53 Å². The van der Waals surface area contributed by atoms with Gasteiger partial charge in [0.05, 0.1) is 7.11 Å². The van der Waals surface area contributed by atoms with Crippen LogP contribution in [0.15, 0.2) is 47.2 Å². The van der Waals surface area contributed by atoms with Gasteiger partial charge < -0.3 is 14.4 Å². The molecule has 1 aromatic carbocycles. The summed E-state index contributed by atoms with van der Waals surface area (Å²) < 4.78 is 10.1. The van der Waals surface area contributed by atoms with Gasteiger partial charge in [-0.2, -0.15) is 0 Å². The highest BCUT2D eigenvalue weighted by Gasteiger charge is 2.21. The first-order valence-electron chi connectivity index (χ1n) is 6.10. The smallest absolute Gasteiger partial charge is 0.365 e. The fourth-order valence-corrected chi connectivity index (χ4v) is 1.61. The van der Waals surface area contributed by atoms with Gasteiger partial charge in [-0.25, -0.2) is 9.79 Å². The molecule has 0 fully saturated rings. The number of ether oxygens (including phenoxy) is 2. The lowest BCUT2D eigenvalue weighted by atomic mass is 10.2. The summed E-state index contributed by atoms with van der Waals surface area (Å²) in [5.74, 6) is 0.648. The molecule has 0 saturated carbocycles. The van der Waals surface area contributed by atoms with Gasteiger partial charge in [0.15, 0.2) is 5.70 Å². The first kappa shape index (κ1) is 13.9. The summed E-state index contributed by atoms with van der Waals surface area (Å²) in [5, 5.41) is 0. The summed E-state index contributed by atoms with van der Waals surface area (Å²) >= 11 is 0. The third-order valence-corrected chi connectivity index (χ3v) is 2.55. The number of carbonyl (C=O) groups excluding carboxylic acids is 1. The Morgan fingerprint density at radius 3 is 2.50 bits per heavy atom. The Hall–Kier alpha value is -2.56. The lowest BCUT2D eigenvalue weighted by Crippen LogP contribution is -2.06. The molecule has 0 amide bonds. The van der Waals surface area contributed by atoms with E-state index < -0.39 is 5.97 Å². The number of hydrogen-bond donors (Lipinski definition) is 0. The van der Waals surface area contributed by atoms with E-state index in [2.05, 4.69) is 4.99 Å². The summed E-state index contributed by atoms with van der Waals surface area (Å²) in [7, 11) is 5.26. The molecule has 2 rings (SSSR count). The van der Waals surface area contributed by atoms with Gasteiger partial charge in [-0.05, 0) is 23.8 Å². The molecule has 0 N–H and O–H groups in total. The van der Waals surface area contributed by atoms with Gasteiger partial charge in [0.2, 0.25) is 5.90 Å². The predicted molar refractivity (Wildman–Crippen MR) is 77.3 cm³/mol. The van der Waals surface area contributed by atoms with E-state index in [1.165, 1.54) is 0 Å². The van der Waals surface area contributed by atoms with Crippen LogP contribution in [0.25, 0.3) is 6.08 Å². The summed E-state index contributed by atoms with van der Waals surface area (Å²) in [6.45, 7) is 0. The molecule has 0 bridgehead atoms. The third-order valence-electron chi connectivity index (χ3n) is 2.55. The number of esters is 1. The Morgan fingerprint density at radius 1 is 1.20 bits per heavy atom. The molecule has 0 aliphatic carbocycles. The Balaban J connectivity index is 2.09. The lowest BCUT2D eigenvalue weighted by Gasteiger charge is -2.02. The van der Waals surface area contributed by atoms with Gasteiger partial charge in [0, 0.05) is 26.4 Å². The van der Waals surface area contributed by atoms with E-state index in [-0.39, 0.29) is 0 Å². The van der Waals surface area contributed by atoms with Crippen LogP contribution in [0.4, 0.5) is 0 Å². The third kappa shape index (κ3) is 3.47. The summed E-state index contributed by atoms with van der Waals surface area (Å²) in [6.07, 6.45) is 5.11. The Bertz CT molecular complexity index is 584. The van der Waals surface area contributed by atoms with E-state index in [0.717, 1.165) is 11.3 Å². The van der Waals surface area contributed by atoms with E-state index >= 15 is 0 Å². The van der Waals surface area contributed by atoms with Crippen molar-refractivity contribution in [2.45, 2.75) is 0 Å². The van der Waals surface area contributed by atoms with E-state index in [1.807, 2.05) is 44.4 Å². The summed E-state index contributed by atoms with van der Waals surface area (Å²) in [4.78, 5) is 17.4. The molecule has 1 aromatic rings. The van der Waals surface area contributed by atoms with Crippen molar-refractivity contribution in [2.75, 3.05) is 21.2 Å². The zero-order valence-electron chi connectivity index (χ0n) is 11.7. The van der Waals surface area contributed by atoms with Crippen molar-refractivity contribution in [2.24, 2.45) is 4.99 Å². The summed E-state index contributed by atoms with van der Waals surface area (Å²) in [5.41, 5.74) is 1.26. The van der Waals surface area contributed by atoms with Crippen LogP contribution in [-0.4, -0.2) is 38.0 Å². The van der Waals surface area contributed by atoms with Gasteiger partial charge in [-0.1, -0.05) is 12.1 Å². The predicted octanol–water partition coefficient (Wildman–Crippen LogP) is 2.07. The second kappa shape index (κ2) is 6.06. The van der Waals surface area contributed by atoms with Crippen LogP contribution in [0, 0.1) is 0 Å². The Labute approximate surface area is 117 Å². The normalized spacial score (nSPS) is 16.4. The molecule has 0 aromatic heterocycles. The SMILES string of the molecule is COc1ccc(/C=C/C2=NC(=C/N(C)C)/C(=O)O2)cc1. The van der Waals surface area contributed by atoms with Crippen molar-refractivity contribution in [3.63, 3.8) is 0 Å². The molecule has 0 spiro atoms. The van der Waals surface area contributed by atoms with Gasteiger partial charge >= 0.3 is 5.97 Å². The quantitative estimate of drug-likeness (QED) is 0.622. The maximum absolute atomic E-state index is 11.5. The molecule has 0 radical (unpaired) electrons. The Morgan fingerprint density at radius 2 is 1.90 bits per heavy atom. The minimum Gasteiger partial charge on any atom is -0.497 e. The fourth-order valence-electron chi connectivity index (χ4n) is 1.61. The highest BCUT2D eigenvalue weighted by Crippen LogP contribution is 2.15. The molecule has 5 heteroatoms. The van der Waals surface area contributed by atoms with Crippen LogP contribution in [0.5, 0.6) is 5.75 Å².